The number of rotatable bonds is 6. The van der Waals surface area contributed by atoms with Crippen LogP contribution in [-0.2, 0) is 0 Å². The first-order chi connectivity index (χ1) is 28.7. The molecule has 3 heterocycles. The minimum absolute atomic E-state index is 0.890. The molecular formula is C54H33NO3. The molecule has 0 aliphatic heterocycles. The fourth-order valence-corrected chi connectivity index (χ4v) is 8.62. The van der Waals surface area contributed by atoms with Crippen LogP contribution in [-0.4, -0.2) is 0 Å². The fourth-order valence-electron chi connectivity index (χ4n) is 8.62. The first-order valence-corrected chi connectivity index (χ1v) is 19.6. The summed E-state index contributed by atoms with van der Waals surface area (Å²) < 4.78 is 18.5. The molecule has 0 spiro atoms. The average Bonchev–Trinajstić information content (AvgIpc) is 3.97. The molecule has 12 aromatic rings. The zero-order chi connectivity index (χ0) is 38.2. The summed E-state index contributed by atoms with van der Waals surface area (Å²) in [6.45, 7) is 0. The Labute approximate surface area is 333 Å². The van der Waals surface area contributed by atoms with Crippen LogP contribution < -0.4 is 4.90 Å². The Morgan fingerprint density at radius 2 is 0.569 bits per heavy atom. The summed E-state index contributed by atoms with van der Waals surface area (Å²) in [5, 5.41) is 6.72. The van der Waals surface area contributed by atoms with Crippen molar-refractivity contribution in [1.29, 1.82) is 0 Å². The number of nitrogens with zero attached hydrogens (tertiary/aromatic N) is 1. The van der Waals surface area contributed by atoms with Gasteiger partial charge in [-0.05, 0) is 124 Å². The summed E-state index contributed by atoms with van der Waals surface area (Å²) in [5.74, 6) is 0. The smallest absolute Gasteiger partial charge is 0.135 e. The molecule has 0 aliphatic rings. The Balaban J connectivity index is 0.978. The highest BCUT2D eigenvalue weighted by molar-refractivity contribution is 6.08. The second-order valence-corrected chi connectivity index (χ2v) is 14.9. The number of para-hydroxylation sites is 3. The molecule has 58 heavy (non-hydrogen) atoms. The quantitative estimate of drug-likeness (QED) is 0.170. The van der Waals surface area contributed by atoms with E-state index in [0.29, 0.717) is 0 Å². The summed E-state index contributed by atoms with van der Waals surface area (Å²) >= 11 is 0. The van der Waals surface area contributed by atoms with Crippen LogP contribution in [0.4, 0.5) is 17.1 Å². The Kier molecular flexibility index (Phi) is 7.20. The van der Waals surface area contributed by atoms with Crippen molar-refractivity contribution in [3.63, 3.8) is 0 Å². The topological polar surface area (TPSA) is 42.7 Å². The van der Waals surface area contributed by atoms with Gasteiger partial charge in [-0.2, -0.15) is 0 Å². The minimum Gasteiger partial charge on any atom is -0.456 e. The maximum Gasteiger partial charge on any atom is 0.135 e. The highest BCUT2D eigenvalue weighted by Gasteiger charge is 2.17. The van der Waals surface area contributed by atoms with Crippen molar-refractivity contribution >= 4 is 82.9 Å². The third-order valence-electron chi connectivity index (χ3n) is 11.5. The van der Waals surface area contributed by atoms with E-state index in [9.17, 15) is 0 Å². The lowest BCUT2D eigenvalue weighted by atomic mass is 10.00. The van der Waals surface area contributed by atoms with Crippen molar-refractivity contribution in [2.75, 3.05) is 4.90 Å². The van der Waals surface area contributed by atoms with E-state index in [-0.39, 0.29) is 0 Å². The van der Waals surface area contributed by atoms with E-state index < -0.39 is 0 Å². The van der Waals surface area contributed by atoms with Gasteiger partial charge in [0.2, 0.25) is 0 Å². The van der Waals surface area contributed by atoms with Gasteiger partial charge >= 0.3 is 0 Å². The Morgan fingerprint density at radius 1 is 0.224 bits per heavy atom. The molecule has 0 saturated carbocycles. The van der Waals surface area contributed by atoms with E-state index in [2.05, 4.69) is 169 Å². The van der Waals surface area contributed by atoms with Crippen LogP contribution in [0.15, 0.2) is 213 Å². The summed E-state index contributed by atoms with van der Waals surface area (Å²) in [7, 11) is 0. The fraction of sp³-hybridized carbons (Fsp3) is 0. The minimum atomic E-state index is 0.890. The molecule has 0 aliphatic carbocycles. The maximum absolute atomic E-state index is 6.17. The van der Waals surface area contributed by atoms with Crippen molar-refractivity contribution in [3.05, 3.63) is 200 Å². The van der Waals surface area contributed by atoms with Gasteiger partial charge in [0, 0.05) is 49.4 Å². The summed E-state index contributed by atoms with van der Waals surface area (Å²) in [5.41, 5.74) is 15.3. The van der Waals surface area contributed by atoms with Gasteiger partial charge in [0.25, 0.3) is 0 Å². The first-order valence-electron chi connectivity index (χ1n) is 19.6. The molecule has 9 aromatic carbocycles. The van der Waals surface area contributed by atoms with Crippen molar-refractivity contribution in [3.8, 4) is 33.4 Å². The molecule has 3 aromatic heterocycles. The molecule has 0 saturated heterocycles. The van der Waals surface area contributed by atoms with Crippen LogP contribution >= 0.6 is 0 Å². The van der Waals surface area contributed by atoms with Gasteiger partial charge in [0.05, 0.1) is 0 Å². The molecule has 272 valence electrons. The highest BCUT2D eigenvalue weighted by atomic mass is 16.3. The van der Waals surface area contributed by atoms with E-state index in [1.807, 2.05) is 36.4 Å². The number of furan rings is 3. The summed E-state index contributed by atoms with van der Waals surface area (Å²) in [6.07, 6.45) is 0. The molecular weight excluding hydrogens is 711 g/mol. The first kappa shape index (κ1) is 32.4. The van der Waals surface area contributed by atoms with Crippen molar-refractivity contribution in [1.82, 2.24) is 0 Å². The number of hydrogen-bond donors (Lipinski definition) is 0. The van der Waals surface area contributed by atoms with Crippen molar-refractivity contribution < 1.29 is 13.3 Å². The Hall–Kier alpha value is -7.82. The SMILES string of the molecule is c1cc(-c2ccc3oc4ccccc4c3c2)cc(N(c2ccc(-c3ccc4oc5ccccc5c4c3)cc2)c2cccc(-c3ccc4oc5ccccc5c4c3)c2)c1. The average molecular weight is 744 g/mol. The zero-order valence-corrected chi connectivity index (χ0v) is 31.2. The molecule has 0 radical (unpaired) electrons. The van der Waals surface area contributed by atoms with Gasteiger partial charge < -0.3 is 18.2 Å². The second-order valence-electron chi connectivity index (χ2n) is 14.9. The van der Waals surface area contributed by atoms with Crippen LogP contribution in [0.3, 0.4) is 0 Å². The van der Waals surface area contributed by atoms with Crippen molar-refractivity contribution in [2.24, 2.45) is 0 Å². The van der Waals surface area contributed by atoms with Gasteiger partial charge in [-0.15, -0.1) is 0 Å². The molecule has 0 N–H and O–H groups in total. The lowest BCUT2D eigenvalue weighted by Crippen LogP contribution is -2.10. The van der Waals surface area contributed by atoms with Crippen LogP contribution in [0.25, 0.3) is 99.2 Å². The molecule has 12 rings (SSSR count). The molecule has 0 atom stereocenters. The highest BCUT2D eigenvalue weighted by Crippen LogP contribution is 2.41. The predicted molar refractivity (Wildman–Crippen MR) is 239 cm³/mol. The van der Waals surface area contributed by atoms with E-state index in [4.69, 9.17) is 13.3 Å². The molecule has 4 nitrogen and oxygen atoms in total. The molecule has 0 fully saturated rings. The largest absolute Gasteiger partial charge is 0.456 e. The van der Waals surface area contributed by atoms with Gasteiger partial charge in [-0.3, -0.25) is 0 Å². The number of fused-ring (bicyclic) bond motifs is 9. The maximum atomic E-state index is 6.17. The van der Waals surface area contributed by atoms with Gasteiger partial charge in [0.15, 0.2) is 0 Å². The number of benzene rings is 9. The molecule has 0 amide bonds. The molecule has 4 heteroatoms. The third kappa shape index (κ3) is 5.31. The zero-order valence-electron chi connectivity index (χ0n) is 31.2. The summed E-state index contributed by atoms with van der Waals surface area (Å²) in [6, 6.07) is 70.6. The second kappa shape index (κ2) is 12.9. The van der Waals surface area contributed by atoms with Gasteiger partial charge in [-0.25, -0.2) is 0 Å². The van der Waals surface area contributed by atoms with Crippen LogP contribution in [0, 0.1) is 0 Å². The monoisotopic (exact) mass is 743 g/mol. The lowest BCUT2D eigenvalue weighted by Gasteiger charge is -2.27. The Morgan fingerprint density at radius 3 is 1.00 bits per heavy atom. The molecule has 0 bridgehead atoms. The van der Waals surface area contributed by atoms with E-state index >= 15 is 0 Å². The normalized spacial score (nSPS) is 11.8. The number of hydrogen-bond acceptors (Lipinski definition) is 4. The van der Waals surface area contributed by atoms with Gasteiger partial charge in [-0.1, -0.05) is 109 Å². The van der Waals surface area contributed by atoms with E-state index in [0.717, 1.165) is 116 Å². The lowest BCUT2D eigenvalue weighted by molar-refractivity contribution is 0.668. The van der Waals surface area contributed by atoms with Crippen LogP contribution in [0.5, 0.6) is 0 Å². The van der Waals surface area contributed by atoms with Gasteiger partial charge in [0.1, 0.15) is 33.5 Å². The predicted octanol–water partition coefficient (Wildman–Crippen LogP) is 15.9. The van der Waals surface area contributed by atoms with Crippen LogP contribution in [0.2, 0.25) is 0 Å². The van der Waals surface area contributed by atoms with E-state index in [1.54, 1.807) is 0 Å². The van der Waals surface area contributed by atoms with E-state index in [1.165, 1.54) is 0 Å². The number of anilines is 3. The summed E-state index contributed by atoms with van der Waals surface area (Å²) in [4.78, 5) is 2.35. The standard InChI is InChI=1S/C54H33NO3/c1-4-16-49-43(13-1)46-31-37(21-26-52(46)56-49)34-19-24-40(25-20-34)55(41-11-7-9-35(29-41)38-22-27-53-47(32-38)44-14-2-5-17-50(44)57-53)42-12-8-10-36(30-42)39-23-28-54-48(33-39)45-15-3-6-18-51(45)58-54/h1-33H. The Bertz CT molecular complexity index is 3370. The van der Waals surface area contributed by atoms with Crippen molar-refractivity contribution in [2.45, 2.75) is 0 Å². The molecule has 0 unspecified atom stereocenters. The van der Waals surface area contributed by atoms with Crippen LogP contribution in [0.1, 0.15) is 0 Å². The third-order valence-corrected chi connectivity index (χ3v) is 11.5.